The lowest BCUT2D eigenvalue weighted by Gasteiger charge is -2.42. The lowest BCUT2D eigenvalue weighted by atomic mass is 9.72. The van der Waals surface area contributed by atoms with Gasteiger partial charge in [0.15, 0.2) is 5.60 Å². The maximum Gasteiger partial charge on any atom is 0.298 e. The highest BCUT2D eigenvalue weighted by atomic mass is 35.5. The van der Waals surface area contributed by atoms with Crippen LogP contribution in [0.3, 0.4) is 0 Å². The molecule has 4 nitrogen and oxygen atoms in total. The van der Waals surface area contributed by atoms with Gasteiger partial charge in [-0.3, -0.25) is 0 Å². The number of hydrogen-bond acceptors (Lipinski definition) is 4. The highest BCUT2D eigenvalue weighted by Crippen LogP contribution is 2.58. The smallest absolute Gasteiger partial charge is 0.298 e. The molecular weight excluding hydrogens is 395 g/mol. The Bertz CT molecular complexity index is 1110. The number of rotatable bonds is 0. The van der Waals surface area contributed by atoms with Crippen LogP contribution in [-0.4, -0.2) is 13.8 Å². The molecule has 0 amide bonds. The summed E-state index contributed by atoms with van der Waals surface area (Å²) in [6.07, 6.45) is 5.41. The summed E-state index contributed by atoms with van der Waals surface area (Å²) in [5.41, 5.74) is -0.0387. The molecule has 2 aromatic rings. The Hall–Kier alpha value is -1.79. The fourth-order valence-corrected chi connectivity index (χ4v) is 5.73. The first kappa shape index (κ1) is 16.4. The van der Waals surface area contributed by atoms with E-state index < -0.39 is 21.6 Å². The molecule has 5 rings (SSSR count). The predicted octanol–water partition coefficient (Wildman–Crippen LogP) is 4.37. The van der Waals surface area contributed by atoms with E-state index in [-0.39, 0.29) is 10.3 Å². The van der Waals surface area contributed by atoms with Crippen molar-refractivity contribution in [1.29, 1.82) is 0 Å². The second kappa shape index (κ2) is 5.36. The molecule has 3 atom stereocenters. The number of fused-ring (bicyclic) bond motifs is 6. The number of hydrogen-bond donors (Lipinski definition) is 0. The van der Waals surface area contributed by atoms with Gasteiger partial charge in [-0.2, -0.15) is 8.42 Å². The van der Waals surface area contributed by atoms with E-state index in [1.807, 2.05) is 6.08 Å². The standard InChI is InChI=1S/C19H12Cl2O4S/c20-11-5-7-13-16(9-11)24-17-10-12(21)6-8-14(17)19(13)15-3-1-2-4-18(15)26(22,23)25-19/h1-11,13H. The summed E-state index contributed by atoms with van der Waals surface area (Å²) in [4.78, 5) is 0.170. The molecule has 7 heteroatoms. The average molecular weight is 407 g/mol. The zero-order valence-electron chi connectivity index (χ0n) is 13.2. The van der Waals surface area contributed by atoms with Crippen molar-refractivity contribution in [3.8, 4) is 5.75 Å². The molecule has 3 aliphatic rings. The maximum absolute atomic E-state index is 12.8. The van der Waals surface area contributed by atoms with Gasteiger partial charge in [0.05, 0.1) is 11.3 Å². The molecule has 2 aliphatic heterocycles. The normalized spacial score (nSPS) is 30.2. The molecule has 0 saturated heterocycles. The van der Waals surface area contributed by atoms with Gasteiger partial charge in [-0.25, -0.2) is 4.18 Å². The van der Waals surface area contributed by atoms with Gasteiger partial charge in [0.25, 0.3) is 10.1 Å². The molecule has 0 saturated carbocycles. The maximum atomic E-state index is 12.8. The predicted molar refractivity (Wildman–Crippen MR) is 97.9 cm³/mol. The Morgan fingerprint density at radius 3 is 2.69 bits per heavy atom. The number of halogens is 2. The third-order valence-electron chi connectivity index (χ3n) is 4.92. The van der Waals surface area contributed by atoms with Gasteiger partial charge in [0.2, 0.25) is 0 Å². The first-order valence-electron chi connectivity index (χ1n) is 7.99. The minimum absolute atomic E-state index is 0.170. The van der Waals surface area contributed by atoms with E-state index in [2.05, 4.69) is 0 Å². The van der Waals surface area contributed by atoms with Crippen LogP contribution in [0, 0.1) is 5.92 Å². The SMILES string of the molecule is O=S1(=O)OC2(c3ccc(Cl)cc3OC3=CC(Cl)C=CC32)c2ccccc21. The number of allylic oxidation sites excluding steroid dienone is 2. The van der Waals surface area contributed by atoms with E-state index in [4.69, 9.17) is 32.1 Å². The quantitative estimate of drug-likeness (QED) is 0.370. The van der Waals surface area contributed by atoms with Crippen LogP contribution >= 0.6 is 23.2 Å². The average Bonchev–Trinajstić information content (AvgIpc) is 2.83. The van der Waals surface area contributed by atoms with Crippen molar-refractivity contribution in [2.24, 2.45) is 5.92 Å². The fourth-order valence-electron chi connectivity index (χ4n) is 3.91. The van der Waals surface area contributed by atoms with Crippen molar-refractivity contribution in [3.05, 3.63) is 82.6 Å². The lowest BCUT2D eigenvalue weighted by molar-refractivity contribution is 0.0634. The van der Waals surface area contributed by atoms with Crippen LogP contribution < -0.4 is 4.74 Å². The summed E-state index contributed by atoms with van der Waals surface area (Å²) in [7, 11) is -3.91. The van der Waals surface area contributed by atoms with Gasteiger partial charge in [0, 0.05) is 16.1 Å². The van der Waals surface area contributed by atoms with Crippen molar-refractivity contribution in [2.75, 3.05) is 0 Å². The third kappa shape index (κ3) is 2.09. The van der Waals surface area contributed by atoms with Crippen LogP contribution in [0.15, 0.2) is 71.3 Å². The molecule has 132 valence electrons. The van der Waals surface area contributed by atoms with Crippen molar-refractivity contribution >= 4 is 33.3 Å². The highest BCUT2D eigenvalue weighted by molar-refractivity contribution is 7.87. The number of ether oxygens (including phenoxy) is 1. The van der Waals surface area contributed by atoms with E-state index in [0.717, 1.165) is 0 Å². The Kier molecular flexibility index (Phi) is 3.38. The van der Waals surface area contributed by atoms with Gasteiger partial charge in [-0.15, -0.1) is 11.6 Å². The fraction of sp³-hybridized carbons (Fsp3) is 0.158. The van der Waals surface area contributed by atoms with Gasteiger partial charge >= 0.3 is 0 Å². The molecule has 0 radical (unpaired) electrons. The molecule has 3 unspecified atom stereocenters. The molecule has 0 aromatic heterocycles. The Balaban J connectivity index is 1.89. The van der Waals surface area contributed by atoms with Crippen LogP contribution in [-0.2, 0) is 19.9 Å². The molecular formula is C19H12Cl2O4S. The highest BCUT2D eigenvalue weighted by Gasteiger charge is 2.59. The molecule has 2 aromatic carbocycles. The molecule has 26 heavy (non-hydrogen) atoms. The third-order valence-corrected chi connectivity index (χ3v) is 6.81. The minimum atomic E-state index is -3.91. The monoisotopic (exact) mass is 406 g/mol. The van der Waals surface area contributed by atoms with Gasteiger partial charge in [-0.1, -0.05) is 48.0 Å². The first-order valence-corrected chi connectivity index (χ1v) is 10.2. The number of alkyl halides is 1. The zero-order chi connectivity index (χ0) is 18.1. The van der Waals surface area contributed by atoms with E-state index in [9.17, 15) is 8.42 Å². The molecule has 0 N–H and O–H groups in total. The summed E-state index contributed by atoms with van der Waals surface area (Å²) in [5.74, 6) is 0.560. The summed E-state index contributed by atoms with van der Waals surface area (Å²) in [5, 5.41) is 0.146. The molecule has 2 heterocycles. The van der Waals surface area contributed by atoms with E-state index in [1.54, 1.807) is 54.6 Å². The zero-order valence-corrected chi connectivity index (χ0v) is 15.6. The minimum Gasteiger partial charge on any atom is -0.461 e. The molecule has 0 fully saturated rings. The van der Waals surface area contributed by atoms with Gasteiger partial charge in [0.1, 0.15) is 16.4 Å². The summed E-state index contributed by atoms with van der Waals surface area (Å²) >= 11 is 12.4. The molecule has 1 aliphatic carbocycles. The number of benzene rings is 2. The summed E-state index contributed by atoms with van der Waals surface area (Å²) in [6, 6.07) is 11.9. The van der Waals surface area contributed by atoms with Crippen molar-refractivity contribution in [2.45, 2.75) is 15.9 Å². The summed E-state index contributed by atoms with van der Waals surface area (Å²) in [6.45, 7) is 0. The second-order valence-electron chi connectivity index (χ2n) is 6.39. The summed E-state index contributed by atoms with van der Waals surface area (Å²) < 4.78 is 37.4. The molecule has 0 bridgehead atoms. The van der Waals surface area contributed by atoms with Crippen LogP contribution in [0.25, 0.3) is 0 Å². The van der Waals surface area contributed by atoms with Crippen molar-refractivity contribution in [1.82, 2.24) is 0 Å². The Morgan fingerprint density at radius 1 is 1.04 bits per heavy atom. The van der Waals surface area contributed by atoms with Crippen molar-refractivity contribution < 1.29 is 17.3 Å². The van der Waals surface area contributed by atoms with Crippen LogP contribution in [0.4, 0.5) is 0 Å². The van der Waals surface area contributed by atoms with E-state index in [1.165, 1.54) is 0 Å². The van der Waals surface area contributed by atoms with Crippen LogP contribution in [0.1, 0.15) is 11.1 Å². The first-order chi connectivity index (χ1) is 12.4. The second-order valence-corrected chi connectivity index (χ2v) is 8.84. The van der Waals surface area contributed by atoms with E-state index in [0.29, 0.717) is 27.7 Å². The topological polar surface area (TPSA) is 52.6 Å². The van der Waals surface area contributed by atoms with Gasteiger partial charge < -0.3 is 4.74 Å². The molecule has 1 spiro atoms. The lowest BCUT2D eigenvalue weighted by Crippen LogP contribution is -2.42. The Morgan fingerprint density at radius 2 is 1.85 bits per heavy atom. The van der Waals surface area contributed by atoms with E-state index >= 15 is 0 Å². The van der Waals surface area contributed by atoms with Crippen LogP contribution in [0.2, 0.25) is 5.02 Å². The van der Waals surface area contributed by atoms with Crippen molar-refractivity contribution in [3.63, 3.8) is 0 Å². The Labute approximate surface area is 160 Å². The van der Waals surface area contributed by atoms with Crippen LogP contribution in [0.5, 0.6) is 5.75 Å². The van der Waals surface area contributed by atoms with Gasteiger partial charge in [-0.05, 0) is 24.3 Å². The largest absolute Gasteiger partial charge is 0.461 e.